The van der Waals surface area contributed by atoms with Crippen molar-refractivity contribution >= 4 is 17.9 Å². The molecule has 1 saturated heterocycles. The highest BCUT2D eigenvalue weighted by Gasteiger charge is 2.88. The number of hydrogen-bond donors (Lipinski definition) is 6. The molecule has 5 atom stereocenters. The third-order valence-corrected chi connectivity index (χ3v) is 10.3. The van der Waals surface area contributed by atoms with Crippen molar-refractivity contribution in [2.75, 3.05) is 0 Å². The molecular formula is C39H34O10. The van der Waals surface area contributed by atoms with Gasteiger partial charge in [-0.05, 0) is 75.2 Å². The van der Waals surface area contributed by atoms with Crippen molar-refractivity contribution in [2.24, 2.45) is 0 Å². The molecule has 1 aliphatic carbocycles. The summed E-state index contributed by atoms with van der Waals surface area (Å²) < 4.78 is 19.8. The number of carbonyl (C=O) groups excluding carboxylic acids is 1. The highest BCUT2D eigenvalue weighted by atomic mass is 16.8. The average molecular weight is 663 g/mol. The lowest BCUT2D eigenvalue weighted by Gasteiger charge is -2.51. The summed E-state index contributed by atoms with van der Waals surface area (Å²) in [7, 11) is 0. The van der Waals surface area contributed by atoms with Crippen LogP contribution in [-0.4, -0.2) is 47.6 Å². The van der Waals surface area contributed by atoms with Gasteiger partial charge < -0.3 is 44.8 Å². The summed E-state index contributed by atoms with van der Waals surface area (Å²) in [6.07, 6.45) is 5.55. The molecule has 1 spiro atoms. The van der Waals surface area contributed by atoms with E-state index < -0.39 is 28.8 Å². The summed E-state index contributed by atoms with van der Waals surface area (Å²) in [4.78, 5) is 14.7. The molecule has 1 saturated carbocycles. The van der Waals surface area contributed by atoms with Crippen LogP contribution < -0.4 is 9.47 Å². The van der Waals surface area contributed by atoms with Crippen molar-refractivity contribution in [3.05, 3.63) is 106 Å². The molecule has 0 amide bonds. The normalized spacial score (nSPS) is 27.2. The maximum Gasteiger partial charge on any atom is 0.272 e. The fraction of sp³-hybridized carbons (Fsp3) is 0.256. The maximum atomic E-state index is 14.7. The summed E-state index contributed by atoms with van der Waals surface area (Å²) in [5, 5.41) is 64.5. The average Bonchev–Trinajstić information content (AvgIpc) is 3.71. The zero-order chi connectivity index (χ0) is 34.6. The van der Waals surface area contributed by atoms with Gasteiger partial charge in [-0.3, -0.25) is 4.79 Å². The molecule has 6 N–H and O–H groups in total. The van der Waals surface area contributed by atoms with Crippen molar-refractivity contribution in [1.82, 2.24) is 0 Å². The Labute approximate surface area is 281 Å². The van der Waals surface area contributed by atoms with Gasteiger partial charge in [-0.25, -0.2) is 0 Å². The van der Waals surface area contributed by atoms with Crippen LogP contribution in [0.1, 0.15) is 72.4 Å². The zero-order valence-corrected chi connectivity index (χ0v) is 26.9. The molecule has 10 heteroatoms. The Morgan fingerprint density at radius 1 is 0.837 bits per heavy atom. The first-order valence-electron chi connectivity index (χ1n) is 16.0. The Morgan fingerprint density at radius 3 is 2.35 bits per heavy atom. The molecular weight excluding hydrogens is 628 g/mol. The van der Waals surface area contributed by atoms with Crippen molar-refractivity contribution < 1.29 is 49.6 Å². The number of aromatic hydroxyl groups is 6. The van der Waals surface area contributed by atoms with Crippen LogP contribution in [0.5, 0.6) is 46.0 Å². The molecule has 0 aromatic heterocycles. The van der Waals surface area contributed by atoms with Crippen LogP contribution >= 0.6 is 0 Å². The van der Waals surface area contributed by atoms with E-state index in [0.717, 1.165) is 5.57 Å². The van der Waals surface area contributed by atoms with Gasteiger partial charge in [-0.15, -0.1) is 0 Å². The summed E-state index contributed by atoms with van der Waals surface area (Å²) in [6, 6.07) is 15.0. The molecule has 250 valence electrons. The van der Waals surface area contributed by atoms with Crippen LogP contribution in [-0.2, 0) is 21.7 Å². The van der Waals surface area contributed by atoms with E-state index >= 15 is 0 Å². The lowest BCUT2D eigenvalue weighted by molar-refractivity contribution is -0.145. The third kappa shape index (κ3) is 4.26. The number of ketones is 1. The Bertz CT molecular complexity index is 2160. The molecule has 8 rings (SSSR count). The lowest BCUT2D eigenvalue weighted by atomic mass is 9.56. The van der Waals surface area contributed by atoms with Gasteiger partial charge >= 0.3 is 0 Å². The summed E-state index contributed by atoms with van der Waals surface area (Å²) in [5.74, 6) is -4.08. The number of epoxide rings is 1. The summed E-state index contributed by atoms with van der Waals surface area (Å²) >= 11 is 0. The maximum absolute atomic E-state index is 14.7. The predicted molar refractivity (Wildman–Crippen MR) is 178 cm³/mol. The van der Waals surface area contributed by atoms with E-state index in [1.165, 1.54) is 48.5 Å². The number of hydrogen-bond acceptors (Lipinski definition) is 10. The minimum absolute atomic E-state index is 0.0315. The molecule has 49 heavy (non-hydrogen) atoms. The number of benzene rings is 4. The molecule has 0 radical (unpaired) electrons. The van der Waals surface area contributed by atoms with E-state index in [1.54, 1.807) is 31.2 Å². The van der Waals surface area contributed by atoms with Gasteiger partial charge in [0, 0.05) is 46.7 Å². The van der Waals surface area contributed by atoms with Crippen LogP contribution in [0.3, 0.4) is 0 Å². The van der Waals surface area contributed by atoms with Gasteiger partial charge in [-0.2, -0.15) is 0 Å². The van der Waals surface area contributed by atoms with Crippen LogP contribution in [0.25, 0.3) is 12.2 Å². The minimum atomic E-state index is -1.72. The fourth-order valence-corrected chi connectivity index (χ4v) is 7.96. The lowest BCUT2D eigenvalue weighted by Crippen LogP contribution is -2.61. The van der Waals surface area contributed by atoms with E-state index in [9.17, 15) is 35.4 Å². The second-order valence-corrected chi connectivity index (χ2v) is 13.7. The molecule has 3 heterocycles. The Hall–Kier alpha value is -5.61. The molecule has 4 aliphatic rings. The number of ether oxygens (including phenoxy) is 3. The van der Waals surface area contributed by atoms with Gasteiger partial charge in [0.15, 0.2) is 17.0 Å². The highest BCUT2D eigenvalue weighted by molar-refractivity contribution is 5.99. The fourth-order valence-electron chi connectivity index (χ4n) is 7.96. The van der Waals surface area contributed by atoms with Crippen LogP contribution in [0.4, 0.5) is 0 Å². The van der Waals surface area contributed by atoms with Crippen molar-refractivity contribution in [1.29, 1.82) is 0 Å². The monoisotopic (exact) mass is 662 g/mol. The standard InChI is InChI=1S/C39H34O10/c1-19(2)4-10-25-28(42)13-12-26(35(25)45)39-38(49-39)27-18-37(3,47-31-17-23(41)9-11-24(27)31)36(46)34(38)33-30(44)14-20(15-32(33)48-39)5-6-21-7-8-22(40)16-29(21)43/h4-9,11-17,27,34,40-45H,10,18H2,1-3H3/b6-5+/t27-,34+,37-,38-,39-/m0/s1. The predicted octanol–water partition coefficient (Wildman–Crippen LogP) is 6.61. The first kappa shape index (κ1) is 30.7. The second kappa shape index (κ2) is 10.2. The molecule has 2 fully saturated rings. The largest absolute Gasteiger partial charge is 0.508 e. The highest BCUT2D eigenvalue weighted by Crippen LogP contribution is 2.78. The molecule has 4 aromatic carbocycles. The van der Waals surface area contributed by atoms with Crippen LogP contribution in [0.2, 0.25) is 0 Å². The van der Waals surface area contributed by atoms with E-state index in [-0.39, 0.29) is 75.6 Å². The molecule has 10 nitrogen and oxygen atoms in total. The minimum Gasteiger partial charge on any atom is -0.508 e. The van der Waals surface area contributed by atoms with Crippen LogP contribution in [0, 0.1) is 0 Å². The first-order chi connectivity index (χ1) is 23.3. The van der Waals surface area contributed by atoms with E-state index in [2.05, 4.69) is 0 Å². The second-order valence-electron chi connectivity index (χ2n) is 13.7. The summed E-state index contributed by atoms with van der Waals surface area (Å²) in [5.41, 5.74) is 0.461. The molecule has 0 unspecified atom stereocenters. The number of phenolic OH excluding ortho intramolecular Hbond substituents is 6. The van der Waals surface area contributed by atoms with Gasteiger partial charge in [0.25, 0.3) is 5.79 Å². The van der Waals surface area contributed by atoms with Gasteiger partial charge in [0.2, 0.25) is 0 Å². The van der Waals surface area contributed by atoms with Crippen molar-refractivity contribution in [2.45, 2.75) is 62.4 Å². The van der Waals surface area contributed by atoms with Crippen molar-refractivity contribution in [3.8, 4) is 46.0 Å². The SMILES string of the molecule is CC(C)=CCc1c(O)ccc([C@@]23Oc4cc(/C=C/c5ccc(O)cc5O)cc(O)c4[C@@H]4C(=O)[C@]5(C)C[C@@H](c6ccc(O)cc6O5)[C@]42O3)c1O. The molecule has 4 aromatic rings. The number of fused-ring (bicyclic) bond motifs is 6. The van der Waals surface area contributed by atoms with E-state index in [4.69, 9.17) is 14.2 Å². The van der Waals surface area contributed by atoms with Gasteiger partial charge in [0.05, 0.1) is 11.5 Å². The summed E-state index contributed by atoms with van der Waals surface area (Å²) in [6.45, 7) is 5.51. The first-order valence-corrected chi connectivity index (χ1v) is 16.0. The Balaban J connectivity index is 1.34. The van der Waals surface area contributed by atoms with Crippen molar-refractivity contribution in [3.63, 3.8) is 0 Å². The third-order valence-electron chi connectivity index (χ3n) is 10.3. The van der Waals surface area contributed by atoms with Gasteiger partial charge in [-0.1, -0.05) is 29.9 Å². The Morgan fingerprint density at radius 2 is 1.59 bits per heavy atom. The number of rotatable bonds is 5. The molecule has 2 bridgehead atoms. The van der Waals surface area contributed by atoms with E-state index in [1.807, 2.05) is 19.9 Å². The smallest absolute Gasteiger partial charge is 0.272 e. The van der Waals surface area contributed by atoms with Gasteiger partial charge in [0.1, 0.15) is 46.0 Å². The van der Waals surface area contributed by atoms with Crippen LogP contribution in [0.15, 0.2) is 72.3 Å². The zero-order valence-electron chi connectivity index (χ0n) is 26.9. The number of phenols is 6. The molecule has 3 aliphatic heterocycles. The number of carbonyl (C=O) groups is 1. The van der Waals surface area contributed by atoms with E-state index in [0.29, 0.717) is 22.4 Å². The Kier molecular flexibility index (Phi) is 6.39. The topological polar surface area (TPSA) is 169 Å². The number of allylic oxidation sites excluding steroid dienone is 2. The quantitative estimate of drug-likeness (QED) is 0.0777. The number of Topliss-reactive ketones (excluding diaryl/α,β-unsaturated/α-hetero) is 1.